The van der Waals surface area contributed by atoms with E-state index in [9.17, 15) is 4.79 Å². The third-order valence-corrected chi connectivity index (χ3v) is 3.45. The van der Waals surface area contributed by atoms with E-state index in [0.717, 1.165) is 16.9 Å². The van der Waals surface area contributed by atoms with E-state index in [-0.39, 0.29) is 18.1 Å². The summed E-state index contributed by atoms with van der Waals surface area (Å²) >= 11 is 0. The number of likely N-dealkylation sites (N-methyl/N-ethyl adjacent to an activating group) is 1. The first-order chi connectivity index (χ1) is 8.58. The van der Waals surface area contributed by atoms with Crippen LogP contribution in [0.4, 0.5) is 0 Å². The van der Waals surface area contributed by atoms with Crippen LogP contribution in [0.5, 0.6) is 5.75 Å². The highest BCUT2D eigenvalue weighted by Crippen LogP contribution is 2.28. The molecule has 2 rings (SSSR count). The molecular formula is C14H20N2O2. The monoisotopic (exact) mass is 248 g/mol. The number of ether oxygens (including phenoxy) is 1. The van der Waals surface area contributed by atoms with Crippen molar-refractivity contribution in [2.45, 2.75) is 33.0 Å². The maximum absolute atomic E-state index is 12.0. The van der Waals surface area contributed by atoms with Crippen molar-refractivity contribution in [1.29, 1.82) is 0 Å². The summed E-state index contributed by atoms with van der Waals surface area (Å²) in [5.41, 5.74) is 2.19. The van der Waals surface area contributed by atoms with Gasteiger partial charge < -0.3 is 9.64 Å². The van der Waals surface area contributed by atoms with Crippen molar-refractivity contribution in [1.82, 2.24) is 10.2 Å². The Morgan fingerprint density at radius 2 is 2.17 bits per heavy atom. The van der Waals surface area contributed by atoms with Crippen molar-refractivity contribution < 1.29 is 9.53 Å². The number of hydrogen-bond acceptors (Lipinski definition) is 3. The van der Waals surface area contributed by atoms with E-state index in [1.54, 1.807) is 7.11 Å². The first kappa shape index (κ1) is 12.9. The number of hydrogen-bond donors (Lipinski definition) is 1. The van der Waals surface area contributed by atoms with Gasteiger partial charge in [-0.1, -0.05) is 6.07 Å². The first-order valence-electron chi connectivity index (χ1n) is 6.29. The summed E-state index contributed by atoms with van der Waals surface area (Å²) in [7, 11) is 1.67. The van der Waals surface area contributed by atoms with E-state index in [4.69, 9.17) is 4.74 Å². The standard InChI is InChI=1S/C14H20N2O2/c1-5-16-13(15-10(3)14(16)17)11-6-7-12(18-4)9(2)8-11/h6-8,10,13,15H,5H2,1-4H3. The van der Waals surface area contributed by atoms with Crippen molar-refractivity contribution in [2.75, 3.05) is 13.7 Å². The molecule has 0 aliphatic carbocycles. The van der Waals surface area contributed by atoms with Gasteiger partial charge in [0.15, 0.2) is 0 Å². The van der Waals surface area contributed by atoms with E-state index in [1.807, 2.05) is 37.8 Å². The van der Waals surface area contributed by atoms with Gasteiger partial charge >= 0.3 is 0 Å². The maximum Gasteiger partial charge on any atom is 0.241 e. The molecule has 0 saturated carbocycles. The lowest BCUT2D eigenvalue weighted by Gasteiger charge is -2.23. The fraction of sp³-hybridized carbons (Fsp3) is 0.500. The number of carbonyl (C=O) groups excluding carboxylic acids is 1. The van der Waals surface area contributed by atoms with Gasteiger partial charge in [0, 0.05) is 6.54 Å². The fourth-order valence-corrected chi connectivity index (χ4v) is 2.46. The molecule has 1 amide bonds. The van der Waals surface area contributed by atoms with E-state index >= 15 is 0 Å². The summed E-state index contributed by atoms with van der Waals surface area (Å²) in [6, 6.07) is 5.92. The Morgan fingerprint density at radius 1 is 1.44 bits per heavy atom. The summed E-state index contributed by atoms with van der Waals surface area (Å²) < 4.78 is 5.26. The maximum atomic E-state index is 12.0. The highest BCUT2D eigenvalue weighted by Gasteiger charge is 2.35. The molecule has 0 aromatic heterocycles. The lowest BCUT2D eigenvalue weighted by molar-refractivity contribution is -0.129. The number of nitrogens with zero attached hydrogens (tertiary/aromatic N) is 1. The largest absolute Gasteiger partial charge is 0.496 e. The molecule has 1 fully saturated rings. The van der Waals surface area contributed by atoms with E-state index in [0.29, 0.717) is 6.54 Å². The number of nitrogens with one attached hydrogen (secondary N) is 1. The van der Waals surface area contributed by atoms with Crippen molar-refractivity contribution in [3.63, 3.8) is 0 Å². The van der Waals surface area contributed by atoms with Crippen molar-refractivity contribution in [3.8, 4) is 5.75 Å². The predicted octanol–water partition coefficient (Wildman–Crippen LogP) is 1.84. The summed E-state index contributed by atoms with van der Waals surface area (Å²) in [5, 5.41) is 3.32. The molecule has 4 heteroatoms. The normalized spacial score (nSPS) is 23.6. The van der Waals surface area contributed by atoms with Crippen molar-refractivity contribution in [2.24, 2.45) is 0 Å². The lowest BCUT2D eigenvalue weighted by atomic mass is 10.1. The van der Waals surface area contributed by atoms with Gasteiger partial charge in [0.25, 0.3) is 0 Å². The molecule has 1 aromatic carbocycles. The van der Waals surface area contributed by atoms with Crippen LogP contribution in [-0.4, -0.2) is 30.5 Å². The van der Waals surface area contributed by atoms with Gasteiger partial charge in [0.05, 0.1) is 13.2 Å². The van der Waals surface area contributed by atoms with Crippen LogP contribution in [-0.2, 0) is 4.79 Å². The molecule has 4 nitrogen and oxygen atoms in total. The highest BCUT2D eigenvalue weighted by atomic mass is 16.5. The average molecular weight is 248 g/mol. The second-order valence-electron chi connectivity index (χ2n) is 4.64. The third-order valence-electron chi connectivity index (χ3n) is 3.45. The molecule has 1 aromatic rings. The zero-order valence-electron chi connectivity index (χ0n) is 11.4. The minimum absolute atomic E-state index is 0.0258. The molecule has 1 heterocycles. The second kappa shape index (κ2) is 4.98. The van der Waals surface area contributed by atoms with Crippen molar-refractivity contribution >= 4 is 5.91 Å². The molecular weight excluding hydrogens is 228 g/mol. The molecule has 18 heavy (non-hydrogen) atoms. The Balaban J connectivity index is 2.31. The van der Waals surface area contributed by atoms with Crippen LogP contribution >= 0.6 is 0 Å². The number of carbonyl (C=O) groups is 1. The Labute approximate surface area is 108 Å². The van der Waals surface area contributed by atoms with Crippen LogP contribution in [0.15, 0.2) is 18.2 Å². The second-order valence-corrected chi connectivity index (χ2v) is 4.64. The molecule has 0 bridgehead atoms. The summed E-state index contributed by atoms with van der Waals surface area (Å²) in [5.74, 6) is 1.04. The molecule has 1 aliphatic rings. The van der Waals surface area contributed by atoms with Gasteiger partial charge in [0.1, 0.15) is 11.9 Å². The lowest BCUT2D eigenvalue weighted by Crippen LogP contribution is -2.30. The minimum Gasteiger partial charge on any atom is -0.496 e. The van der Waals surface area contributed by atoms with Gasteiger partial charge in [-0.25, -0.2) is 0 Å². The Kier molecular flexibility index (Phi) is 3.57. The molecule has 1 N–H and O–H groups in total. The average Bonchev–Trinajstić information content (AvgIpc) is 2.65. The van der Waals surface area contributed by atoms with Gasteiger partial charge in [-0.3, -0.25) is 10.1 Å². The SMILES string of the molecule is CCN1C(=O)C(C)NC1c1ccc(OC)c(C)c1. The first-order valence-corrected chi connectivity index (χ1v) is 6.29. The highest BCUT2D eigenvalue weighted by molar-refractivity contribution is 5.84. The number of benzene rings is 1. The van der Waals surface area contributed by atoms with Crippen LogP contribution in [0, 0.1) is 6.92 Å². The topological polar surface area (TPSA) is 41.6 Å². The van der Waals surface area contributed by atoms with Crippen LogP contribution < -0.4 is 10.1 Å². The van der Waals surface area contributed by atoms with E-state index in [1.165, 1.54) is 0 Å². The summed E-state index contributed by atoms with van der Waals surface area (Å²) in [4.78, 5) is 13.8. The van der Waals surface area contributed by atoms with E-state index in [2.05, 4.69) is 11.4 Å². The van der Waals surface area contributed by atoms with Crippen LogP contribution in [0.3, 0.4) is 0 Å². The van der Waals surface area contributed by atoms with Gasteiger partial charge in [-0.05, 0) is 44.0 Å². The molecule has 0 spiro atoms. The van der Waals surface area contributed by atoms with Gasteiger partial charge in [-0.15, -0.1) is 0 Å². The van der Waals surface area contributed by atoms with Crippen molar-refractivity contribution in [3.05, 3.63) is 29.3 Å². The number of rotatable bonds is 3. The van der Waals surface area contributed by atoms with Crippen LogP contribution in [0.2, 0.25) is 0 Å². The minimum atomic E-state index is -0.114. The van der Waals surface area contributed by atoms with Crippen LogP contribution in [0.25, 0.3) is 0 Å². The van der Waals surface area contributed by atoms with E-state index < -0.39 is 0 Å². The molecule has 2 atom stereocenters. The predicted molar refractivity (Wildman–Crippen MR) is 70.5 cm³/mol. The van der Waals surface area contributed by atoms with Gasteiger partial charge in [0.2, 0.25) is 5.91 Å². The Morgan fingerprint density at radius 3 is 2.72 bits per heavy atom. The number of aryl methyl sites for hydroxylation is 1. The zero-order chi connectivity index (χ0) is 13.3. The fourth-order valence-electron chi connectivity index (χ4n) is 2.46. The molecule has 1 saturated heterocycles. The number of methoxy groups -OCH3 is 1. The Bertz CT molecular complexity index is 459. The van der Waals surface area contributed by atoms with Crippen LogP contribution in [0.1, 0.15) is 31.1 Å². The quantitative estimate of drug-likeness (QED) is 0.887. The zero-order valence-corrected chi connectivity index (χ0v) is 11.4. The van der Waals surface area contributed by atoms with Gasteiger partial charge in [-0.2, -0.15) is 0 Å². The molecule has 98 valence electrons. The number of amides is 1. The summed E-state index contributed by atoms with van der Waals surface area (Å²) in [6.07, 6.45) is -0.0258. The smallest absolute Gasteiger partial charge is 0.241 e. The molecule has 2 unspecified atom stereocenters. The summed E-state index contributed by atoms with van der Waals surface area (Å²) in [6.45, 7) is 6.63. The molecule has 0 radical (unpaired) electrons. The molecule has 1 aliphatic heterocycles. The third kappa shape index (κ3) is 2.08. The Hall–Kier alpha value is -1.55.